The molecule has 0 aliphatic carbocycles. The van der Waals surface area contributed by atoms with Gasteiger partial charge in [-0.2, -0.15) is 5.26 Å². The molecule has 5 heteroatoms. The first-order chi connectivity index (χ1) is 13.8. The number of hydrogen-bond donors (Lipinski definition) is 1. The lowest BCUT2D eigenvalue weighted by atomic mass is 10.1. The summed E-state index contributed by atoms with van der Waals surface area (Å²) < 4.78 is 15.9. The first-order valence-electron chi connectivity index (χ1n) is 9.26. The number of benzene rings is 2. The summed E-state index contributed by atoms with van der Waals surface area (Å²) >= 11 is 0. The van der Waals surface area contributed by atoms with E-state index < -0.39 is 11.7 Å². The number of nitrogens with zero attached hydrogens (tertiary/aromatic N) is 2. The minimum Gasteiger partial charge on any atom is -0.319 e. The molecule has 3 aromatic rings. The minimum atomic E-state index is -0.644. The molecule has 0 atom stereocenters. The van der Waals surface area contributed by atoms with E-state index in [1.165, 1.54) is 29.3 Å². The highest BCUT2D eigenvalue weighted by atomic mass is 19.1. The normalized spacial score (nSPS) is 11.2. The van der Waals surface area contributed by atoms with E-state index in [-0.39, 0.29) is 11.3 Å². The van der Waals surface area contributed by atoms with E-state index in [2.05, 4.69) is 29.8 Å². The maximum absolute atomic E-state index is 13.8. The van der Waals surface area contributed by atoms with Crippen molar-refractivity contribution < 1.29 is 9.18 Å². The number of aromatic nitrogens is 1. The van der Waals surface area contributed by atoms with Gasteiger partial charge in [0.15, 0.2) is 0 Å². The van der Waals surface area contributed by atoms with E-state index in [0.29, 0.717) is 0 Å². The van der Waals surface area contributed by atoms with Crippen LogP contribution in [0.1, 0.15) is 28.1 Å². The van der Waals surface area contributed by atoms with Crippen LogP contribution in [0.15, 0.2) is 54.1 Å². The van der Waals surface area contributed by atoms with Crippen molar-refractivity contribution in [2.75, 3.05) is 5.32 Å². The van der Waals surface area contributed by atoms with Crippen LogP contribution in [-0.2, 0) is 4.79 Å². The van der Waals surface area contributed by atoms with Gasteiger partial charge in [-0.3, -0.25) is 4.79 Å². The molecular weight excluding hydrogens is 365 g/mol. The number of aryl methyl sites for hydroxylation is 2. The number of nitriles is 1. The van der Waals surface area contributed by atoms with E-state index in [9.17, 15) is 14.4 Å². The third kappa shape index (κ3) is 3.97. The van der Waals surface area contributed by atoms with Crippen molar-refractivity contribution in [1.29, 1.82) is 5.26 Å². The molecule has 1 N–H and O–H groups in total. The van der Waals surface area contributed by atoms with E-state index >= 15 is 0 Å². The standard InChI is InChI=1S/C24H22FN3O/c1-15-8-7-11-23(17(15)3)28-16(2)12-19(18(28)4)13-20(14-26)24(29)27-22-10-6-5-9-21(22)25/h5-13H,1-4H3,(H,27,29)/b20-13+. The van der Waals surface area contributed by atoms with Gasteiger partial charge >= 0.3 is 0 Å². The van der Waals surface area contributed by atoms with Gasteiger partial charge in [0.25, 0.3) is 5.91 Å². The highest BCUT2D eigenvalue weighted by molar-refractivity contribution is 6.09. The van der Waals surface area contributed by atoms with Gasteiger partial charge in [-0.15, -0.1) is 0 Å². The lowest BCUT2D eigenvalue weighted by Crippen LogP contribution is -2.14. The molecule has 0 aliphatic rings. The third-order valence-corrected chi connectivity index (χ3v) is 5.07. The molecule has 29 heavy (non-hydrogen) atoms. The molecular formula is C24H22FN3O. The molecule has 0 saturated carbocycles. The Hall–Kier alpha value is -3.65. The lowest BCUT2D eigenvalue weighted by molar-refractivity contribution is -0.112. The summed E-state index contributed by atoms with van der Waals surface area (Å²) in [4.78, 5) is 12.5. The minimum absolute atomic E-state index is 0.0412. The Morgan fingerprint density at radius 1 is 1.10 bits per heavy atom. The van der Waals surface area contributed by atoms with E-state index in [4.69, 9.17) is 0 Å². The summed E-state index contributed by atoms with van der Waals surface area (Å²) in [6.07, 6.45) is 1.54. The van der Waals surface area contributed by atoms with Gasteiger partial charge < -0.3 is 9.88 Å². The van der Waals surface area contributed by atoms with Gasteiger partial charge in [0.05, 0.1) is 5.69 Å². The maximum Gasteiger partial charge on any atom is 0.266 e. The van der Waals surface area contributed by atoms with E-state index in [1.807, 2.05) is 38.1 Å². The molecule has 146 valence electrons. The van der Waals surface area contributed by atoms with Crippen LogP contribution in [-0.4, -0.2) is 10.5 Å². The number of halogens is 1. The van der Waals surface area contributed by atoms with Crippen molar-refractivity contribution in [1.82, 2.24) is 4.57 Å². The second-order valence-corrected chi connectivity index (χ2v) is 6.98. The zero-order valence-corrected chi connectivity index (χ0v) is 16.9. The number of amides is 1. The Balaban J connectivity index is 1.99. The van der Waals surface area contributed by atoms with Gasteiger partial charge in [0.2, 0.25) is 0 Å². The van der Waals surface area contributed by atoms with E-state index in [1.54, 1.807) is 12.1 Å². The molecule has 0 fully saturated rings. The van der Waals surface area contributed by atoms with Gasteiger partial charge in [0, 0.05) is 17.1 Å². The topological polar surface area (TPSA) is 57.8 Å². The molecule has 2 aromatic carbocycles. The smallest absolute Gasteiger partial charge is 0.266 e. The van der Waals surface area contributed by atoms with Crippen LogP contribution in [0.25, 0.3) is 11.8 Å². The van der Waals surface area contributed by atoms with E-state index in [0.717, 1.165) is 22.6 Å². The fourth-order valence-electron chi connectivity index (χ4n) is 3.34. The second-order valence-electron chi connectivity index (χ2n) is 6.98. The molecule has 1 aromatic heterocycles. The lowest BCUT2D eigenvalue weighted by Gasteiger charge is -2.14. The zero-order valence-electron chi connectivity index (χ0n) is 16.9. The van der Waals surface area contributed by atoms with Crippen molar-refractivity contribution in [2.45, 2.75) is 27.7 Å². The first-order valence-corrected chi connectivity index (χ1v) is 9.26. The van der Waals surface area contributed by atoms with Gasteiger partial charge in [0.1, 0.15) is 17.5 Å². The van der Waals surface area contributed by atoms with Crippen LogP contribution in [0.3, 0.4) is 0 Å². The van der Waals surface area contributed by atoms with Crippen molar-refractivity contribution >= 4 is 17.7 Å². The quantitative estimate of drug-likeness (QED) is 0.482. The van der Waals surface area contributed by atoms with Gasteiger partial charge in [-0.1, -0.05) is 24.3 Å². The Morgan fingerprint density at radius 3 is 2.52 bits per heavy atom. The predicted molar refractivity (Wildman–Crippen MR) is 113 cm³/mol. The molecule has 0 bridgehead atoms. The first kappa shape index (κ1) is 20.1. The third-order valence-electron chi connectivity index (χ3n) is 5.07. The Morgan fingerprint density at radius 2 is 1.83 bits per heavy atom. The highest BCUT2D eigenvalue weighted by Gasteiger charge is 2.16. The molecule has 0 unspecified atom stereocenters. The maximum atomic E-state index is 13.8. The summed E-state index contributed by atoms with van der Waals surface area (Å²) in [6, 6.07) is 15.8. The summed E-state index contributed by atoms with van der Waals surface area (Å²) in [7, 11) is 0. The Bertz CT molecular complexity index is 1170. The predicted octanol–water partition coefficient (Wildman–Crippen LogP) is 5.40. The molecule has 3 rings (SSSR count). The molecule has 0 spiro atoms. The molecule has 4 nitrogen and oxygen atoms in total. The zero-order chi connectivity index (χ0) is 21.1. The van der Waals surface area contributed by atoms with Gasteiger partial charge in [-0.25, -0.2) is 4.39 Å². The molecule has 1 heterocycles. The number of carbonyl (C=O) groups excluding carboxylic acids is 1. The second kappa shape index (κ2) is 8.15. The SMILES string of the molecule is Cc1cccc(-n2c(C)cc(/C=C(\C#N)C(=O)Nc3ccccc3F)c2C)c1C. The fraction of sp³-hybridized carbons (Fsp3) is 0.167. The van der Waals surface area contributed by atoms with Gasteiger partial charge in [-0.05, 0) is 74.7 Å². The van der Waals surface area contributed by atoms with Crippen LogP contribution < -0.4 is 5.32 Å². The number of nitrogens with one attached hydrogen (secondary N) is 1. The van der Waals surface area contributed by atoms with Crippen LogP contribution in [0.5, 0.6) is 0 Å². The van der Waals surface area contributed by atoms with Crippen molar-refractivity contribution in [3.05, 3.63) is 88.0 Å². The summed E-state index contributed by atoms with van der Waals surface area (Å²) in [5.41, 5.74) is 6.06. The number of para-hydroxylation sites is 1. The van der Waals surface area contributed by atoms with Crippen molar-refractivity contribution in [2.24, 2.45) is 0 Å². The number of hydrogen-bond acceptors (Lipinski definition) is 2. The van der Waals surface area contributed by atoms with Crippen LogP contribution in [0, 0.1) is 44.8 Å². The summed E-state index contributed by atoms with van der Waals surface area (Å²) in [5.74, 6) is -1.19. The van der Waals surface area contributed by atoms with Crippen LogP contribution in [0.2, 0.25) is 0 Å². The largest absolute Gasteiger partial charge is 0.319 e. The summed E-state index contributed by atoms with van der Waals surface area (Å²) in [5, 5.41) is 11.9. The number of rotatable bonds is 4. The number of anilines is 1. The molecule has 0 radical (unpaired) electrons. The Labute approximate surface area is 169 Å². The molecule has 1 amide bonds. The average Bonchev–Trinajstić information content (AvgIpc) is 2.97. The highest BCUT2D eigenvalue weighted by Crippen LogP contribution is 2.26. The Kier molecular flexibility index (Phi) is 5.65. The van der Waals surface area contributed by atoms with Crippen LogP contribution in [0.4, 0.5) is 10.1 Å². The van der Waals surface area contributed by atoms with Crippen molar-refractivity contribution in [3.8, 4) is 11.8 Å². The van der Waals surface area contributed by atoms with Crippen molar-refractivity contribution in [3.63, 3.8) is 0 Å². The van der Waals surface area contributed by atoms with Crippen LogP contribution >= 0.6 is 0 Å². The average molecular weight is 387 g/mol. The molecule has 0 aliphatic heterocycles. The number of carbonyl (C=O) groups is 1. The summed E-state index contributed by atoms with van der Waals surface area (Å²) in [6.45, 7) is 8.07. The molecule has 0 saturated heterocycles. The fourth-order valence-corrected chi connectivity index (χ4v) is 3.34. The monoisotopic (exact) mass is 387 g/mol.